The molecule has 2 heterocycles. The van der Waals surface area contributed by atoms with E-state index in [1.165, 1.54) is 0 Å². The summed E-state index contributed by atoms with van der Waals surface area (Å²) in [5, 5.41) is 14.0. The highest BCUT2D eigenvalue weighted by atomic mass is 16.5. The molecule has 0 unspecified atom stereocenters. The average Bonchev–Trinajstić information content (AvgIpc) is 3.43. The maximum absolute atomic E-state index is 11.9. The Morgan fingerprint density at radius 1 is 1.09 bits per heavy atom. The van der Waals surface area contributed by atoms with Gasteiger partial charge in [-0.1, -0.05) is 48.5 Å². The number of rotatable bonds is 7. The summed E-state index contributed by atoms with van der Waals surface area (Å²) in [4.78, 5) is 28.3. The number of fused-ring (bicyclic) bond motifs is 1. The van der Waals surface area contributed by atoms with E-state index in [1.807, 2.05) is 55.5 Å². The number of benzene rings is 3. The average molecular weight is 454 g/mol. The standard InChI is InChI=1S/C26H22N4O4/c1-2-34-26-27-21-10-6-9-19(25(32)33)24(21)30(26)15-16-11-12-18(17-7-4-3-5-8-17)20(13-16)22-14-23(31)29-28-22/h3-13H,2,14-15H2,1H3,(H,29,31)(H,32,33). The molecule has 2 N–H and O–H groups in total. The summed E-state index contributed by atoms with van der Waals surface area (Å²) in [5.41, 5.74) is 8.14. The van der Waals surface area contributed by atoms with Crippen LogP contribution in [0, 0.1) is 0 Å². The smallest absolute Gasteiger partial charge is 0.337 e. The SMILES string of the molecule is CCOc1nc2cccc(C(=O)O)c2n1Cc1ccc(-c2ccccc2)c(C2=NNC(=O)C2)c1. The van der Waals surface area contributed by atoms with E-state index in [2.05, 4.69) is 15.5 Å². The molecule has 8 nitrogen and oxygen atoms in total. The Kier molecular flexibility index (Phi) is 5.55. The van der Waals surface area contributed by atoms with Crippen molar-refractivity contribution >= 4 is 28.6 Å². The van der Waals surface area contributed by atoms with Crippen LogP contribution in [0.2, 0.25) is 0 Å². The summed E-state index contributed by atoms with van der Waals surface area (Å²) >= 11 is 0. The molecule has 8 heteroatoms. The molecule has 3 aromatic carbocycles. The number of carboxylic acids is 1. The second kappa shape index (κ2) is 8.82. The summed E-state index contributed by atoms with van der Waals surface area (Å²) in [6, 6.07) is 21.3. The first-order valence-corrected chi connectivity index (χ1v) is 10.9. The van der Waals surface area contributed by atoms with E-state index >= 15 is 0 Å². The first kappa shape index (κ1) is 21.4. The first-order valence-electron chi connectivity index (χ1n) is 10.9. The number of aromatic carboxylic acids is 1. The van der Waals surface area contributed by atoms with Crippen LogP contribution in [-0.2, 0) is 11.3 Å². The van der Waals surface area contributed by atoms with Crippen LogP contribution in [-0.4, -0.2) is 38.9 Å². The van der Waals surface area contributed by atoms with Crippen LogP contribution in [0.4, 0.5) is 0 Å². The minimum atomic E-state index is -1.03. The predicted molar refractivity (Wildman–Crippen MR) is 128 cm³/mol. The molecular formula is C26H22N4O4. The number of para-hydroxylation sites is 1. The van der Waals surface area contributed by atoms with Crippen LogP contribution in [0.1, 0.15) is 34.8 Å². The lowest BCUT2D eigenvalue weighted by molar-refractivity contribution is -0.119. The number of hydrogen-bond donors (Lipinski definition) is 2. The van der Waals surface area contributed by atoms with Crippen molar-refractivity contribution in [3.8, 4) is 17.1 Å². The quantitative estimate of drug-likeness (QED) is 0.438. The predicted octanol–water partition coefficient (Wildman–Crippen LogP) is 4.07. The van der Waals surface area contributed by atoms with Crippen LogP contribution < -0.4 is 10.2 Å². The highest BCUT2D eigenvalue weighted by Gasteiger charge is 2.22. The minimum Gasteiger partial charge on any atom is -0.478 e. The number of ether oxygens (including phenoxy) is 1. The lowest BCUT2D eigenvalue weighted by Gasteiger charge is -2.14. The van der Waals surface area contributed by atoms with Gasteiger partial charge in [0.25, 0.3) is 6.01 Å². The van der Waals surface area contributed by atoms with Crippen molar-refractivity contribution in [2.24, 2.45) is 5.10 Å². The molecule has 1 amide bonds. The third-order valence-corrected chi connectivity index (χ3v) is 5.70. The Morgan fingerprint density at radius 3 is 2.62 bits per heavy atom. The molecule has 0 radical (unpaired) electrons. The Hall–Kier alpha value is -4.46. The number of aromatic nitrogens is 2. The number of hydrogen-bond acceptors (Lipinski definition) is 5. The largest absolute Gasteiger partial charge is 0.478 e. The van der Waals surface area contributed by atoms with E-state index < -0.39 is 5.97 Å². The lowest BCUT2D eigenvalue weighted by Crippen LogP contribution is -2.10. The number of hydrazone groups is 1. The number of carbonyl (C=O) groups is 2. The second-order valence-electron chi connectivity index (χ2n) is 7.91. The van der Waals surface area contributed by atoms with Gasteiger partial charge < -0.3 is 9.84 Å². The number of carbonyl (C=O) groups excluding carboxylic acids is 1. The minimum absolute atomic E-state index is 0.148. The third-order valence-electron chi connectivity index (χ3n) is 5.70. The highest BCUT2D eigenvalue weighted by Crippen LogP contribution is 2.30. The molecule has 5 rings (SSSR count). The van der Waals surface area contributed by atoms with Crippen LogP contribution >= 0.6 is 0 Å². The topological polar surface area (TPSA) is 106 Å². The zero-order chi connectivity index (χ0) is 23.7. The van der Waals surface area contributed by atoms with Gasteiger partial charge in [-0.25, -0.2) is 10.2 Å². The number of nitrogens with zero attached hydrogens (tertiary/aromatic N) is 3. The summed E-state index contributed by atoms with van der Waals surface area (Å²) in [6.45, 7) is 2.60. The summed E-state index contributed by atoms with van der Waals surface area (Å²) in [6.07, 6.45) is 0.199. The van der Waals surface area contributed by atoms with Crippen LogP contribution in [0.3, 0.4) is 0 Å². The molecule has 1 aromatic heterocycles. The van der Waals surface area contributed by atoms with E-state index in [9.17, 15) is 14.7 Å². The Bertz CT molecular complexity index is 1440. The molecule has 1 aliphatic heterocycles. The van der Waals surface area contributed by atoms with E-state index in [0.717, 1.165) is 22.3 Å². The normalized spacial score (nSPS) is 13.1. The van der Waals surface area contributed by atoms with Crippen molar-refractivity contribution < 1.29 is 19.4 Å². The molecule has 0 spiro atoms. The van der Waals surface area contributed by atoms with E-state index in [-0.39, 0.29) is 17.9 Å². The van der Waals surface area contributed by atoms with Crippen molar-refractivity contribution in [3.05, 3.63) is 83.4 Å². The van der Waals surface area contributed by atoms with E-state index in [4.69, 9.17) is 4.74 Å². The van der Waals surface area contributed by atoms with Crippen LogP contribution in [0.25, 0.3) is 22.2 Å². The summed E-state index contributed by atoms with van der Waals surface area (Å²) < 4.78 is 7.53. The monoisotopic (exact) mass is 454 g/mol. The molecular weight excluding hydrogens is 432 g/mol. The highest BCUT2D eigenvalue weighted by molar-refractivity contribution is 6.16. The number of amides is 1. The molecule has 0 saturated carbocycles. The van der Waals surface area contributed by atoms with Gasteiger partial charge in [0, 0.05) is 5.56 Å². The van der Waals surface area contributed by atoms with Gasteiger partial charge in [-0.15, -0.1) is 0 Å². The molecule has 0 fully saturated rings. The molecule has 0 bridgehead atoms. The molecule has 34 heavy (non-hydrogen) atoms. The zero-order valence-electron chi connectivity index (χ0n) is 18.5. The van der Waals surface area contributed by atoms with E-state index in [1.54, 1.807) is 22.8 Å². The van der Waals surface area contributed by atoms with Crippen LogP contribution in [0.5, 0.6) is 6.01 Å². The number of nitrogens with one attached hydrogen (secondary N) is 1. The molecule has 1 aliphatic rings. The van der Waals surface area contributed by atoms with Gasteiger partial charge in [-0.2, -0.15) is 10.1 Å². The Labute approximate surface area is 195 Å². The molecule has 170 valence electrons. The van der Waals surface area contributed by atoms with Crippen molar-refractivity contribution in [3.63, 3.8) is 0 Å². The maximum atomic E-state index is 11.9. The van der Waals surface area contributed by atoms with Crippen molar-refractivity contribution in [2.45, 2.75) is 19.9 Å². The summed E-state index contributed by atoms with van der Waals surface area (Å²) in [7, 11) is 0. The Morgan fingerprint density at radius 2 is 1.91 bits per heavy atom. The lowest BCUT2D eigenvalue weighted by atomic mass is 9.93. The van der Waals surface area contributed by atoms with Gasteiger partial charge in [-0.3, -0.25) is 9.36 Å². The maximum Gasteiger partial charge on any atom is 0.337 e. The van der Waals surface area contributed by atoms with Gasteiger partial charge >= 0.3 is 5.97 Å². The van der Waals surface area contributed by atoms with Crippen molar-refractivity contribution in [1.82, 2.24) is 15.0 Å². The fourth-order valence-electron chi connectivity index (χ4n) is 4.22. The fourth-order valence-corrected chi connectivity index (χ4v) is 4.22. The second-order valence-corrected chi connectivity index (χ2v) is 7.91. The van der Waals surface area contributed by atoms with Crippen LogP contribution in [0.15, 0.2) is 71.8 Å². The molecule has 0 aliphatic carbocycles. The third kappa shape index (κ3) is 3.90. The number of imidazole rings is 1. The molecule has 0 saturated heterocycles. The van der Waals surface area contributed by atoms with Gasteiger partial charge in [0.05, 0.1) is 41.9 Å². The van der Waals surface area contributed by atoms with Gasteiger partial charge in [0.2, 0.25) is 5.91 Å². The van der Waals surface area contributed by atoms with Gasteiger partial charge in [0.15, 0.2) is 0 Å². The molecule has 0 atom stereocenters. The summed E-state index contributed by atoms with van der Waals surface area (Å²) in [5.74, 6) is -1.18. The Balaban J connectivity index is 1.64. The number of carboxylic acid groups (broad SMARTS) is 1. The van der Waals surface area contributed by atoms with Crippen molar-refractivity contribution in [1.29, 1.82) is 0 Å². The zero-order valence-corrected chi connectivity index (χ0v) is 18.5. The van der Waals surface area contributed by atoms with E-state index in [0.29, 0.717) is 35.9 Å². The van der Waals surface area contributed by atoms with Gasteiger partial charge in [0.1, 0.15) is 0 Å². The van der Waals surface area contributed by atoms with Gasteiger partial charge in [-0.05, 0) is 41.8 Å². The first-order chi connectivity index (χ1) is 16.5. The molecule has 4 aromatic rings. The van der Waals surface area contributed by atoms with Crippen molar-refractivity contribution in [2.75, 3.05) is 6.61 Å². The fraction of sp³-hybridized carbons (Fsp3) is 0.154.